The van der Waals surface area contributed by atoms with E-state index in [9.17, 15) is 4.39 Å². The van der Waals surface area contributed by atoms with Crippen LogP contribution in [0.15, 0.2) is 54.9 Å². The monoisotopic (exact) mass is 348 g/mol. The van der Waals surface area contributed by atoms with E-state index < -0.39 is 0 Å². The van der Waals surface area contributed by atoms with Crippen molar-refractivity contribution in [1.29, 1.82) is 0 Å². The van der Waals surface area contributed by atoms with E-state index in [1.54, 1.807) is 29.0 Å². The molecule has 1 aromatic carbocycles. The molecule has 0 bridgehead atoms. The maximum atomic E-state index is 13.2. The Labute approximate surface area is 150 Å². The Morgan fingerprint density at radius 1 is 1.04 bits per heavy atom. The minimum Gasteiger partial charge on any atom is -0.312 e. The van der Waals surface area contributed by atoms with Crippen molar-refractivity contribution >= 4 is 17.3 Å². The number of rotatable bonds is 4. The first-order valence-corrected chi connectivity index (χ1v) is 8.32. The molecular formula is C19H17FN6. The standard InChI is InChI=1S/C19H17FN6/c1-3-15-19(26-17(23-15)5-4-11-22-26)25(2)16-10-12-21-18(24-16)13-6-8-14(20)9-7-13/h4-12H,3H2,1-2H3. The van der Waals surface area contributed by atoms with Crippen molar-refractivity contribution in [3.8, 4) is 11.4 Å². The highest BCUT2D eigenvalue weighted by atomic mass is 19.1. The number of aromatic nitrogens is 5. The van der Waals surface area contributed by atoms with Crippen molar-refractivity contribution < 1.29 is 4.39 Å². The highest BCUT2D eigenvalue weighted by molar-refractivity contribution is 5.65. The smallest absolute Gasteiger partial charge is 0.161 e. The fraction of sp³-hybridized carbons (Fsp3) is 0.158. The van der Waals surface area contributed by atoms with Gasteiger partial charge in [0.2, 0.25) is 0 Å². The number of hydrogen-bond donors (Lipinski definition) is 0. The summed E-state index contributed by atoms with van der Waals surface area (Å²) in [4.78, 5) is 15.5. The third kappa shape index (κ3) is 2.77. The minimum absolute atomic E-state index is 0.286. The number of fused-ring (bicyclic) bond motifs is 1. The summed E-state index contributed by atoms with van der Waals surface area (Å²) in [5, 5.41) is 4.41. The second kappa shape index (κ2) is 6.51. The number of hydrogen-bond acceptors (Lipinski definition) is 5. The van der Waals surface area contributed by atoms with Crippen LogP contribution in [-0.4, -0.2) is 31.6 Å². The van der Waals surface area contributed by atoms with E-state index in [4.69, 9.17) is 0 Å². The molecule has 0 atom stereocenters. The maximum Gasteiger partial charge on any atom is 0.161 e. The van der Waals surface area contributed by atoms with Crippen LogP contribution in [0.1, 0.15) is 12.6 Å². The van der Waals surface area contributed by atoms with Crippen LogP contribution in [0.4, 0.5) is 16.0 Å². The van der Waals surface area contributed by atoms with Crippen molar-refractivity contribution in [2.75, 3.05) is 11.9 Å². The number of benzene rings is 1. The molecule has 0 amide bonds. The Kier molecular flexibility index (Phi) is 4.04. The molecule has 0 aliphatic heterocycles. The van der Waals surface area contributed by atoms with Crippen LogP contribution in [0.5, 0.6) is 0 Å². The normalized spacial score (nSPS) is 11.0. The summed E-state index contributed by atoms with van der Waals surface area (Å²) >= 11 is 0. The molecule has 0 radical (unpaired) electrons. The lowest BCUT2D eigenvalue weighted by Crippen LogP contribution is -2.16. The van der Waals surface area contributed by atoms with Gasteiger partial charge in [0.1, 0.15) is 11.6 Å². The molecule has 4 aromatic rings. The summed E-state index contributed by atoms with van der Waals surface area (Å²) in [6.45, 7) is 2.06. The number of halogens is 1. The van der Waals surface area contributed by atoms with Crippen LogP contribution in [0.2, 0.25) is 0 Å². The van der Waals surface area contributed by atoms with Gasteiger partial charge < -0.3 is 4.90 Å². The van der Waals surface area contributed by atoms with Gasteiger partial charge in [-0.05, 0) is 48.9 Å². The average Bonchev–Trinajstić information content (AvgIpc) is 3.06. The molecule has 3 heterocycles. The first-order valence-electron chi connectivity index (χ1n) is 8.32. The second-order valence-electron chi connectivity index (χ2n) is 5.83. The summed E-state index contributed by atoms with van der Waals surface area (Å²) < 4.78 is 15.0. The van der Waals surface area contributed by atoms with Gasteiger partial charge in [-0.1, -0.05) is 6.92 Å². The molecule has 3 aromatic heterocycles. The number of anilines is 2. The highest BCUT2D eigenvalue weighted by Gasteiger charge is 2.18. The number of aryl methyl sites for hydroxylation is 1. The van der Waals surface area contributed by atoms with Gasteiger partial charge in [0.05, 0.1) is 5.69 Å². The van der Waals surface area contributed by atoms with Crippen LogP contribution >= 0.6 is 0 Å². The lowest BCUT2D eigenvalue weighted by Gasteiger charge is -2.18. The summed E-state index contributed by atoms with van der Waals surface area (Å²) in [7, 11) is 1.92. The Morgan fingerprint density at radius 2 is 1.85 bits per heavy atom. The molecule has 0 N–H and O–H groups in total. The molecule has 7 heteroatoms. The van der Waals surface area contributed by atoms with Gasteiger partial charge >= 0.3 is 0 Å². The van der Waals surface area contributed by atoms with Crippen molar-refractivity contribution in [2.24, 2.45) is 0 Å². The first kappa shape index (κ1) is 16.1. The van der Waals surface area contributed by atoms with E-state index in [2.05, 4.69) is 27.0 Å². The Morgan fingerprint density at radius 3 is 2.62 bits per heavy atom. The molecule has 0 spiro atoms. The van der Waals surface area contributed by atoms with E-state index >= 15 is 0 Å². The maximum absolute atomic E-state index is 13.2. The molecule has 0 fully saturated rings. The van der Waals surface area contributed by atoms with Gasteiger partial charge in [-0.2, -0.15) is 9.61 Å². The van der Waals surface area contributed by atoms with Crippen molar-refractivity contribution in [3.05, 3.63) is 66.4 Å². The lowest BCUT2D eigenvalue weighted by atomic mass is 10.2. The summed E-state index contributed by atoms with van der Waals surface area (Å²) in [5.74, 6) is 1.83. The van der Waals surface area contributed by atoms with Gasteiger partial charge in [0.15, 0.2) is 17.3 Å². The molecule has 0 aliphatic rings. The van der Waals surface area contributed by atoms with E-state index in [0.717, 1.165) is 29.1 Å². The zero-order valence-corrected chi connectivity index (χ0v) is 14.5. The number of nitrogens with zero attached hydrogens (tertiary/aromatic N) is 6. The fourth-order valence-electron chi connectivity index (χ4n) is 2.88. The third-order valence-electron chi connectivity index (χ3n) is 4.18. The Bertz CT molecular complexity index is 1060. The van der Waals surface area contributed by atoms with Crippen molar-refractivity contribution in [2.45, 2.75) is 13.3 Å². The summed E-state index contributed by atoms with van der Waals surface area (Å²) in [6.07, 6.45) is 4.20. The zero-order chi connectivity index (χ0) is 18.1. The quantitative estimate of drug-likeness (QED) is 0.563. The van der Waals surface area contributed by atoms with Crippen LogP contribution in [0.3, 0.4) is 0 Å². The Balaban J connectivity index is 1.79. The predicted molar refractivity (Wildman–Crippen MR) is 97.9 cm³/mol. The van der Waals surface area contributed by atoms with Gasteiger partial charge in [-0.15, -0.1) is 0 Å². The average molecular weight is 348 g/mol. The lowest BCUT2D eigenvalue weighted by molar-refractivity contribution is 0.628. The Hall–Kier alpha value is -3.35. The fourth-order valence-corrected chi connectivity index (χ4v) is 2.88. The van der Waals surface area contributed by atoms with E-state index in [1.807, 2.05) is 30.1 Å². The molecule has 0 aliphatic carbocycles. The zero-order valence-electron chi connectivity index (χ0n) is 14.5. The van der Waals surface area contributed by atoms with Crippen LogP contribution in [0.25, 0.3) is 17.0 Å². The van der Waals surface area contributed by atoms with E-state index in [-0.39, 0.29) is 5.82 Å². The largest absolute Gasteiger partial charge is 0.312 e. The van der Waals surface area contributed by atoms with Gasteiger partial charge in [0, 0.05) is 25.0 Å². The molecule has 0 saturated carbocycles. The molecular weight excluding hydrogens is 331 g/mol. The summed E-state index contributed by atoms with van der Waals surface area (Å²) in [5.41, 5.74) is 2.49. The van der Waals surface area contributed by atoms with Crippen LogP contribution in [0, 0.1) is 5.82 Å². The first-order chi connectivity index (χ1) is 12.7. The SMILES string of the molecule is CCc1nc2cccnn2c1N(C)c1ccnc(-c2ccc(F)cc2)n1. The molecule has 6 nitrogen and oxygen atoms in total. The van der Waals surface area contributed by atoms with E-state index in [0.29, 0.717) is 11.6 Å². The molecule has 0 unspecified atom stereocenters. The topological polar surface area (TPSA) is 59.2 Å². The third-order valence-corrected chi connectivity index (χ3v) is 4.18. The van der Waals surface area contributed by atoms with Gasteiger partial charge in [-0.25, -0.2) is 19.3 Å². The van der Waals surface area contributed by atoms with Gasteiger partial charge in [-0.3, -0.25) is 0 Å². The molecule has 0 saturated heterocycles. The van der Waals surface area contributed by atoms with Crippen molar-refractivity contribution in [3.63, 3.8) is 0 Å². The van der Waals surface area contributed by atoms with Crippen LogP contribution in [-0.2, 0) is 6.42 Å². The predicted octanol–water partition coefficient (Wildman–Crippen LogP) is 3.66. The molecule has 4 rings (SSSR count). The molecule has 130 valence electrons. The molecule has 26 heavy (non-hydrogen) atoms. The van der Waals surface area contributed by atoms with Crippen LogP contribution < -0.4 is 4.90 Å². The second-order valence-corrected chi connectivity index (χ2v) is 5.83. The van der Waals surface area contributed by atoms with Crippen molar-refractivity contribution in [1.82, 2.24) is 24.6 Å². The van der Waals surface area contributed by atoms with E-state index in [1.165, 1.54) is 12.1 Å². The number of imidazole rings is 1. The van der Waals surface area contributed by atoms with Gasteiger partial charge in [0.25, 0.3) is 0 Å². The summed E-state index contributed by atoms with van der Waals surface area (Å²) in [6, 6.07) is 11.8. The highest BCUT2D eigenvalue weighted by Crippen LogP contribution is 2.27. The minimum atomic E-state index is -0.286.